The number of methoxy groups -OCH3 is 1. The van der Waals surface area contributed by atoms with Gasteiger partial charge >= 0.3 is 6.09 Å². The highest BCUT2D eigenvalue weighted by molar-refractivity contribution is 5.97. The molecule has 0 unspecified atom stereocenters. The molecule has 1 heterocycles. The number of nitrogens with zero attached hydrogens (tertiary/aromatic N) is 1. The molecule has 200 valence electrons. The number of amides is 2. The maximum atomic E-state index is 13.4. The molecule has 0 saturated heterocycles. The van der Waals surface area contributed by atoms with Crippen LogP contribution in [0.2, 0.25) is 0 Å². The summed E-state index contributed by atoms with van der Waals surface area (Å²) in [6.07, 6.45) is 1.01. The number of aromatic nitrogens is 1. The normalized spacial score (nSPS) is 11.8. The molecule has 0 aliphatic rings. The summed E-state index contributed by atoms with van der Waals surface area (Å²) in [5.74, 6) is 0.129. The van der Waals surface area contributed by atoms with Gasteiger partial charge in [0.05, 0.1) is 13.7 Å². The smallest absolute Gasteiger partial charge is 0.408 e. The highest BCUT2D eigenvalue weighted by Crippen LogP contribution is 2.15. The van der Waals surface area contributed by atoms with E-state index in [2.05, 4.69) is 10.6 Å². The minimum absolute atomic E-state index is 0.107. The molecule has 38 heavy (non-hydrogen) atoms. The van der Waals surface area contributed by atoms with Crippen molar-refractivity contribution < 1.29 is 24.2 Å². The van der Waals surface area contributed by atoms with Crippen LogP contribution in [0.4, 0.5) is 16.2 Å². The van der Waals surface area contributed by atoms with Crippen molar-refractivity contribution in [3.05, 3.63) is 92.7 Å². The van der Waals surface area contributed by atoms with E-state index < -0.39 is 23.6 Å². The fourth-order valence-corrected chi connectivity index (χ4v) is 3.68. The van der Waals surface area contributed by atoms with Crippen LogP contribution in [0.15, 0.2) is 65.6 Å². The van der Waals surface area contributed by atoms with Gasteiger partial charge in [0.15, 0.2) is 0 Å². The van der Waals surface area contributed by atoms with E-state index in [1.54, 1.807) is 76.5 Å². The molecule has 10 heteroatoms. The lowest BCUT2D eigenvalue weighted by Crippen LogP contribution is -2.55. The molecule has 0 aliphatic heterocycles. The van der Waals surface area contributed by atoms with Crippen molar-refractivity contribution >= 4 is 23.4 Å². The largest absolute Gasteiger partial charge is 0.497 e. The van der Waals surface area contributed by atoms with Crippen LogP contribution < -0.4 is 26.1 Å². The summed E-state index contributed by atoms with van der Waals surface area (Å²) in [5, 5.41) is 7.11. The predicted octanol–water partition coefficient (Wildman–Crippen LogP) is 2.77. The maximum Gasteiger partial charge on any atom is 0.408 e. The number of benzene rings is 2. The topological polar surface area (TPSA) is 130 Å². The molecular formula is C28H33N4O6+. The standard InChI is InChI=1S/C28H32N4O6/c1-18-14-15-32(17-20-8-12-22(37-5)13-9-20)26(34)24(18)30-25(33)23(29-27(35)38-28(2,3)4)16-19-6-10-21(31-36)11-7-19/h6-15,23H,16-17H2,1-5H3,(H,29,35)(H,30,33)/p+1/t23-/m0/s1. The van der Waals surface area contributed by atoms with Gasteiger partial charge in [0.2, 0.25) is 5.91 Å². The first-order chi connectivity index (χ1) is 18.0. The van der Waals surface area contributed by atoms with Crippen molar-refractivity contribution in [1.82, 2.24) is 9.88 Å². The number of anilines is 1. The quantitative estimate of drug-likeness (QED) is 0.397. The van der Waals surface area contributed by atoms with Gasteiger partial charge in [0.25, 0.3) is 11.2 Å². The Hall–Kier alpha value is -4.47. The van der Waals surface area contributed by atoms with Gasteiger partial charge in [-0.1, -0.05) is 24.3 Å². The average molecular weight is 522 g/mol. The van der Waals surface area contributed by atoms with Crippen molar-refractivity contribution in [2.45, 2.75) is 52.3 Å². The summed E-state index contributed by atoms with van der Waals surface area (Å²) in [6.45, 7) is 7.17. The Labute approximate surface area is 220 Å². The van der Waals surface area contributed by atoms with E-state index in [0.717, 1.165) is 5.56 Å². The molecule has 0 radical (unpaired) electrons. The minimum atomic E-state index is -1.05. The van der Waals surface area contributed by atoms with E-state index in [4.69, 9.17) is 9.47 Å². The van der Waals surface area contributed by atoms with Gasteiger partial charge in [-0.2, -0.15) is 0 Å². The number of aryl methyl sites for hydroxylation is 1. The molecule has 2 aromatic carbocycles. The molecule has 1 atom stereocenters. The van der Waals surface area contributed by atoms with Crippen molar-refractivity contribution in [3.63, 3.8) is 0 Å². The van der Waals surface area contributed by atoms with Crippen LogP contribution in [-0.4, -0.2) is 35.3 Å². The number of ether oxygens (including phenoxy) is 2. The second-order valence-corrected chi connectivity index (χ2v) is 9.85. The zero-order valence-electron chi connectivity index (χ0n) is 22.2. The number of carbonyl (C=O) groups excluding carboxylic acids is 2. The maximum absolute atomic E-state index is 13.4. The molecule has 0 fully saturated rings. The lowest BCUT2D eigenvalue weighted by Gasteiger charge is -2.23. The van der Waals surface area contributed by atoms with E-state index in [-0.39, 0.29) is 17.7 Å². The first kappa shape index (κ1) is 28.1. The molecule has 10 nitrogen and oxygen atoms in total. The lowest BCUT2D eigenvalue weighted by molar-refractivity contribution is -0.379. The average Bonchev–Trinajstić information content (AvgIpc) is 2.87. The van der Waals surface area contributed by atoms with E-state index >= 15 is 0 Å². The van der Waals surface area contributed by atoms with Crippen LogP contribution >= 0.6 is 0 Å². The van der Waals surface area contributed by atoms with Crippen molar-refractivity contribution in [2.24, 2.45) is 0 Å². The number of pyridine rings is 1. The van der Waals surface area contributed by atoms with E-state index in [1.807, 2.05) is 24.3 Å². The molecule has 3 rings (SSSR count). The zero-order valence-corrected chi connectivity index (χ0v) is 22.2. The summed E-state index contributed by atoms with van der Waals surface area (Å²) in [4.78, 5) is 50.0. The summed E-state index contributed by atoms with van der Waals surface area (Å²) < 4.78 is 12.0. The number of nitrogens with one attached hydrogen (secondary N) is 3. The second kappa shape index (κ2) is 12.2. The molecule has 3 N–H and O–H groups in total. The Bertz CT molecular complexity index is 1340. The molecule has 0 bridgehead atoms. The predicted molar refractivity (Wildman–Crippen MR) is 143 cm³/mol. The highest BCUT2D eigenvalue weighted by atomic mass is 16.6. The Morgan fingerprint density at radius 3 is 2.21 bits per heavy atom. The number of nitroso groups, excluding NO2 is 1. The third-order valence-electron chi connectivity index (χ3n) is 5.65. The van der Waals surface area contributed by atoms with E-state index in [9.17, 15) is 19.3 Å². The number of rotatable bonds is 9. The second-order valence-electron chi connectivity index (χ2n) is 9.85. The molecule has 0 spiro atoms. The van der Waals surface area contributed by atoms with E-state index in [0.29, 0.717) is 29.1 Å². The number of hydrogen-bond donors (Lipinski definition) is 3. The lowest BCUT2D eigenvalue weighted by atomic mass is 10.0. The van der Waals surface area contributed by atoms with Gasteiger partial charge < -0.3 is 24.7 Å². The molecule has 2 amide bonds. The SMILES string of the molecule is COc1ccc(Cn2ccc(C)c(NC(=O)[C@H](Cc3ccc([NH+]=O)cc3)NC(=O)OC(C)(C)C)c2=O)cc1. The number of hydrogen-bond acceptors (Lipinski definition) is 6. The summed E-state index contributed by atoms with van der Waals surface area (Å²) in [7, 11) is 1.58. The Morgan fingerprint density at radius 2 is 1.63 bits per heavy atom. The van der Waals surface area contributed by atoms with Crippen molar-refractivity contribution in [1.29, 1.82) is 0 Å². The van der Waals surface area contributed by atoms with Gasteiger partial charge in [0, 0.05) is 34.8 Å². The fraction of sp³-hybridized carbons (Fsp3) is 0.321. The van der Waals surface area contributed by atoms with Crippen LogP contribution in [0.1, 0.15) is 37.5 Å². The first-order valence-corrected chi connectivity index (χ1v) is 12.1. The molecule has 0 saturated carbocycles. The molecular weight excluding hydrogens is 488 g/mol. The number of alkyl carbamates (subject to hydrolysis) is 1. The third-order valence-corrected chi connectivity index (χ3v) is 5.65. The van der Waals surface area contributed by atoms with Crippen LogP contribution in [0.5, 0.6) is 5.75 Å². The van der Waals surface area contributed by atoms with E-state index in [1.165, 1.54) is 4.57 Å². The fourth-order valence-electron chi connectivity index (χ4n) is 3.68. The summed E-state index contributed by atoms with van der Waals surface area (Å²) in [5.41, 5.74) is 1.50. The van der Waals surface area contributed by atoms with Crippen LogP contribution in [0.25, 0.3) is 0 Å². The van der Waals surface area contributed by atoms with Crippen molar-refractivity contribution in [3.8, 4) is 5.75 Å². The monoisotopic (exact) mass is 521 g/mol. The first-order valence-electron chi connectivity index (χ1n) is 12.1. The zero-order chi connectivity index (χ0) is 27.9. The third kappa shape index (κ3) is 7.76. The van der Waals surface area contributed by atoms with Crippen LogP contribution in [0.3, 0.4) is 0 Å². The minimum Gasteiger partial charge on any atom is -0.497 e. The van der Waals surface area contributed by atoms with Gasteiger partial charge in [-0.3, -0.25) is 9.59 Å². The Balaban J connectivity index is 1.85. The summed E-state index contributed by atoms with van der Waals surface area (Å²) in [6, 6.07) is 14.5. The highest BCUT2D eigenvalue weighted by Gasteiger charge is 2.26. The molecule has 3 aromatic rings. The van der Waals surface area contributed by atoms with Crippen LogP contribution in [-0.2, 0) is 22.5 Å². The van der Waals surface area contributed by atoms with Gasteiger partial charge in [-0.25, -0.2) is 4.79 Å². The Kier molecular flexibility index (Phi) is 9.01. The Morgan fingerprint density at radius 1 is 1.00 bits per heavy atom. The summed E-state index contributed by atoms with van der Waals surface area (Å²) >= 11 is 0. The van der Waals surface area contributed by atoms with Crippen molar-refractivity contribution in [2.75, 3.05) is 12.4 Å². The van der Waals surface area contributed by atoms with Gasteiger partial charge in [0.1, 0.15) is 23.1 Å². The van der Waals surface area contributed by atoms with Crippen LogP contribution in [0, 0.1) is 11.8 Å². The molecule has 0 aliphatic carbocycles. The van der Waals surface area contributed by atoms with Gasteiger partial charge in [-0.15, -0.1) is 0 Å². The number of carbonyl (C=O) groups is 2. The molecule has 1 aromatic heterocycles. The van der Waals surface area contributed by atoms with Gasteiger partial charge in [-0.05, 0) is 62.6 Å².